The molecule has 1 heterocycles. The summed E-state index contributed by atoms with van der Waals surface area (Å²) < 4.78 is 4.06. The maximum atomic E-state index is 9.08. The summed E-state index contributed by atoms with van der Waals surface area (Å²) in [5.41, 5.74) is 6.20. The molecule has 0 spiro atoms. The lowest BCUT2D eigenvalue weighted by molar-refractivity contribution is 0.413. The fourth-order valence-corrected chi connectivity index (χ4v) is 2.34. The molecular weight excluding hydrogens is 234 g/mol. The first-order valence-corrected chi connectivity index (χ1v) is 6.42. The Morgan fingerprint density at radius 1 is 1.35 bits per heavy atom. The van der Waals surface area contributed by atoms with Gasteiger partial charge in [-0.1, -0.05) is 6.92 Å². The van der Waals surface area contributed by atoms with Gasteiger partial charge in [0.05, 0.1) is 0 Å². The van der Waals surface area contributed by atoms with Crippen LogP contribution in [-0.2, 0) is 0 Å². The van der Waals surface area contributed by atoms with Crippen LogP contribution >= 0.6 is 11.5 Å². The van der Waals surface area contributed by atoms with E-state index < -0.39 is 0 Å². The van der Waals surface area contributed by atoms with E-state index in [1.165, 1.54) is 11.5 Å². The average molecular weight is 253 g/mol. The molecule has 94 valence electrons. The summed E-state index contributed by atoms with van der Waals surface area (Å²) in [6.45, 7) is 4.88. The van der Waals surface area contributed by atoms with Gasteiger partial charge in [-0.3, -0.25) is 0 Å². The van der Waals surface area contributed by atoms with Crippen LogP contribution in [0, 0.1) is 11.3 Å². The minimum atomic E-state index is 0.346. The van der Waals surface area contributed by atoms with Crippen molar-refractivity contribution in [2.45, 2.75) is 13.3 Å². The molecule has 0 aromatic carbocycles. The summed E-state index contributed by atoms with van der Waals surface area (Å²) >= 11 is 1.31. The number of hydrogen-bond acceptors (Lipinski definition) is 6. The Morgan fingerprint density at radius 3 is 2.59 bits per heavy atom. The van der Waals surface area contributed by atoms with Gasteiger partial charge >= 0.3 is 0 Å². The number of aromatic nitrogens is 1. The number of nitrogens with zero attached hydrogens (tertiary/aromatic N) is 4. The van der Waals surface area contributed by atoms with Crippen LogP contribution in [-0.4, -0.2) is 43.0 Å². The van der Waals surface area contributed by atoms with E-state index in [9.17, 15) is 0 Å². The molecular formula is C11H19N5S. The lowest BCUT2D eigenvalue weighted by Gasteiger charge is -2.24. The van der Waals surface area contributed by atoms with E-state index >= 15 is 0 Å². The third-order valence-corrected chi connectivity index (χ3v) is 3.33. The van der Waals surface area contributed by atoms with Gasteiger partial charge in [-0.25, -0.2) is 0 Å². The molecule has 6 heteroatoms. The molecule has 0 amide bonds. The van der Waals surface area contributed by atoms with Crippen LogP contribution in [0.25, 0.3) is 0 Å². The molecule has 17 heavy (non-hydrogen) atoms. The van der Waals surface area contributed by atoms with Crippen molar-refractivity contribution in [1.29, 1.82) is 5.26 Å². The molecule has 0 radical (unpaired) electrons. The summed E-state index contributed by atoms with van der Waals surface area (Å²) in [7, 11) is 4.08. The van der Waals surface area contributed by atoms with Crippen LogP contribution in [0.15, 0.2) is 0 Å². The van der Waals surface area contributed by atoms with E-state index in [2.05, 4.69) is 27.2 Å². The lowest BCUT2D eigenvalue weighted by atomic mass is 10.3. The van der Waals surface area contributed by atoms with Gasteiger partial charge in [0.2, 0.25) is 0 Å². The largest absolute Gasteiger partial charge is 0.382 e. The van der Waals surface area contributed by atoms with Gasteiger partial charge < -0.3 is 15.5 Å². The minimum absolute atomic E-state index is 0.346. The highest BCUT2D eigenvalue weighted by atomic mass is 32.1. The van der Waals surface area contributed by atoms with E-state index in [-0.39, 0.29) is 0 Å². The SMILES string of the molecule is CCCN(CCN(C)C)c1snc(N)c1C#N. The zero-order valence-corrected chi connectivity index (χ0v) is 11.4. The van der Waals surface area contributed by atoms with Gasteiger partial charge in [0.25, 0.3) is 0 Å². The van der Waals surface area contributed by atoms with Crippen molar-refractivity contribution in [3.8, 4) is 6.07 Å². The van der Waals surface area contributed by atoms with Crippen molar-refractivity contribution in [1.82, 2.24) is 9.27 Å². The maximum absolute atomic E-state index is 9.08. The molecule has 0 atom stereocenters. The molecule has 0 bridgehead atoms. The molecule has 0 aliphatic rings. The molecule has 0 fully saturated rings. The number of rotatable bonds is 6. The summed E-state index contributed by atoms with van der Waals surface area (Å²) in [6, 6.07) is 2.14. The number of hydrogen-bond donors (Lipinski definition) is 1. The maximum Gasteiger partial charge on any atom is 0.157 e. The first kappa shape index (κ1) is 13.7. The van der Waals surface area contributed by atoms with Crippen molar-refractivity contribution >= 4 is 22.4 Å². The summed E-state index contributed by atoms with van der Waals surface area (Å²) in [5.74, 6) is 0.346. The van der Waals surface area contributed by atoms with Crippen LogP contribution in [0.2, 0.25) is 0 Å². The van der Waals surface area contributed by atoms with Gasteiger partial charge in [0.15, 0.2) is 5.82 Å². The molecule has 5 nitrogen and oxygen atoms in total. The third-order valence-electron chi connectivity index (χ3n) is 2.41. The Bertz CT molecular complexity index is 393. The lowest BCUT2D eigenvalue weighted by Crippen LogP contribution is -2.32. The summed E-state index contributed by atoms with van der Waals surface area (Å²) in [4.78, 5) is 4.31. The Kier molecular flexibility index (Phi) is 5.19. The second-order valence-electron chi connectivity index (χ2n) is 4.15. The standard InChI is InChI=1S/C11H19N5S/c1-4-5-16(7-6-15(2)3)11-9(8-12)10(13)14-17-11/h4-7H2,1-3H3,(H2,13,14). The number of likely N-dealkylation sites (N-methyl/N-ethyl adjacent to an activating group) is 1. The van der Waals surface area contributed by atoms with Gasteiger partial charge in [-0.15, -0.1) is 0 Å². The number of anilines is 2. The Hall–Kier alpha value is -1.32. The first-order valence-electron chi connectivity index (χ1n) is 5.65. The van der Waals surface area contributed by atoms with Gasteiger partial charge in [-0.05, 0) is 32.0 Å². The predicted octanol–water partition coefficient (Wildman–Crippen LogP) is 1.37. The van der Waals surface area contributed by atoms with E-state index in [0.29, 0.717) is 11.4 Å². The van der Waals surface area contributed by atoms with Crippen LogP contribution in [0.5, 0.6) is 0 Å². The summed E-state index contributed by atoms with van der Waals surface area (Å²) in [5, 5.41) is 9.98. The van der Waals surface area contributed by atoms with Crippen LogP contribution in [0.1, 0.15) is 18.9 Å². The first-order chi connectivity index (χ1) is 8.10. The Labute approximate surface area is 107 Å². The topological polar surface area (TPSA) is 69.2 Å². The zero-order chi connectivity index (χ0) is 12.8. The molecule has 0 unspecified atom stereocenters. The fraction of sp³-hybridized carbons (Fsp3) is 0.636. The molecule has 1 rings (SSSR count). The van der Waals surface area contributed by atoms with Crippen molar-refractivity contribution in [3.63, 3.8) is 0 Å². The zero-order valence-electron chi connectivity index (χ0n) is 10.6. The molecule has 2 N–H and O–H groups in total. The number of nitrogen functional groups attached to an aromatic ring is 1. The number of nitriles is 1. The van der Waals surface area contributed by atoms with Crippen molar-refractivity contribution in [2.24, 2.45) is 0 Å². The summed E-state index contributed by atoms with van der Waals surface area (Å²) in [6.07, 6.45) is 1.04. The second kappa shape index (κ2) is 6.42. The van der Waals surface area contributed by atoms with Crippen LogP contribution in [0.3, 0.4) is 0 Å². The molecule has 0 aliphatic carbocycles. The molecule has 0 saturated heterocycles. The molecule has 0 aliphatic heterocycles. The van der Waals surface area contributed by atoms with E-state index in [0.717, 1.165) is 31.1 Å². The quantitative estimate of drug-likeness (QED) is 0.829. The fourth-order valence-electron chi connectivity index (χ4n) is 1.52. The van der Waals surface area contributed by atoms with Crippen LogP contribution < -0.4 is 10.6 Å². The van der Waals surface area contributed by atoms with Crippen molar-refractivity contribution in [2.75, 3.05) is 44.4 Å². The van der Waals surface area contributed by atoms with Gasteiger partial charge in [-0.2, -0.15) is 9.64 Å². The Morgan fingerprint density at radius 2 is 2.06 bits per heavy atom. The Balaban J connectivity index is 2.85. The van der Waals surface area contributed by atoms with Crippen molar-refractivity contribution < 1.29 is 0 Å². The molecule has 1 aromatic rings. The van der Waals surface area contributed by atoms with E-state index in [1.807, 2.05) is 14.1 Å². The normalized spacial score (nSPS) is 10.5. The van der Waals surface area contributed by atoms with Crippen molar-refractivity contribution in [3.05, 3.63) is 5.56 Å². The number of nitrogens with two attached hydrogens (primary N) is 1. The minimum Gasteiger partial charge on any atom is -0.382 e. The highest BCUT2D eigenvalue weighted by Gasteiger charge is 2.17. The highest BCUT2D eigenvalue weighted by Crippen LogP contribution is 2.29. The smallest absolute Gasteiger partial charge is 0.157 e. The molecule has 1 aromatic heterocycles. The van der Waals surface area contributed by atoms with Gasteiger partial charge in [0.1, 0.15) is 16.6 Å². The highest BCUT2D eigenvalue weighted by molar-refractivity contribution is 7.10. The second-order valence-corrected chi connectivity index (χ2v) is 4.90. The average Bonchev–Trinajstić information content (AvgIpc) is 2.65. The predicted molar refractivity (Wildman–Crippen MR) is 72.3 cm³/mol. The van der Waals surface area contributed by atoms with E-state index in [4.69, 9.17) is 11.0 Å². The van der Waals surface area contributed by atoms with Crippen LogP contribution in [0.4, 0.5) is 10.8 Å². The van der Waals surface area contributed by atoms with E-state index in [1.54, 1.807) is 0 Å². The monoisotopic (exact) mass is 253 g/mol. The third kappa shape index (κ3) is 3.58. The van der Waals surface area contributed by atoms with Gasteiger partial charge in [0, 0.05) is 19.6 Å². The molecule has 0 saturated carbocycles.